The number of hydrogen-bond donors (Lipinski definition) is 1. The molecular weight excluding hydrogens is 296 g/mol. The van der Waals surface area contributed by atoms with Crippen LogP contribution >= 0.6 is 0 Å². The van der Waals surface area contributed by atoms with Crippen molar-refractivity contribution in [2.75, 3.05) is 12.9 Å². The molecule has 0 aliphatic carbocycles. The molecule has 0 aromatic carbocycles. The predicted molar refractivity (Wildman–Crippen MR) is 74.0 cm³/mol. The van der Waals surface area contributed by atoms with Crippen LogP contribution in [0.2, 0.25) is 0 Å². The lowest BCUT2D eigenvalue weighted by Crippen LogP contribution is -2.30. The molecule has 21 heavy (non-hydrogen) atoms. The van der Waals surface area contributed by atoms with E-state index in [-0.39, 0.29) is 6.54 Å². The Morgan fingerprint density at radius 1 is 1.43 bits per heavy atom. The van der Waals surface area contributed by atoms with Crippen molar-refractivity contribution in [3.8, 4) is 5.82 Å². The molecule has 2 heterocycles. The Labute approximate surface area is 121 Å². The lowest BCUT2D eigenvalue weighted by Gasteiger charge is -2.06. The molecule has 0 amide bonds. The van der Waals surface area contributed by atoms with Crippen molar-refractivity contribution in [3.05, 3.63) is 42.4 Å². The van der Waals surface area contributed by atoms with Gasteiger partial charge in [0.25, 0.3) is 0 Å². The summed E-state index contributed by atoms with van der Waals surface area (Å²) >= 11 is 0. The van der Waals surface area contributed by atoms with E-state index in [0.717, 1.165) is 7.11 Å². The van der Waals surface area contributed by atoms with Crippen LogP contribution in [-0.4, -0.2) is 42.0 Å². The summed E-state index contributed by atoms with van der Waals surface area (Å²) in [4.78, 5) is 15.1. The van der Waals surface area contributed by atoms with E-state index in [1.807, 2.05) is 0 Å². The number of sulfonamides is 1. The Kier molecular flexibility index (Phi) is 4.66. The zero-order valence-electron chi connectivity index (χ0n) is 11.3. The number of ether oxygens (including phenoxy) is 1. The first-order valence-corrected chi connectivity index (χ1v) is 7.64. The number of pyridine rings is 1. The van der Waals surface area contributed by atoms with Gasteiger partial charge in [-0.2, -0.15) is 5.10 Å². The number of aromatic nitrogens is 3. The number of rotatable bonds is 6. The second kappa shape index (κ2) is 6.46. The molecule has 1 N–H and O–H groups in total. The first kappa shape index (κ1) is 15.1. The number of nitrogens with zero attached hydrogens (tertiary/aromatic N) is 3. The van der Waals surface area contributed by atoms with E-state index >= 15 is 0 Å². The SMILES string of the molecule is COC(=O)CS(=O)(=O)NCc1ccc(-n2cccn2)nc1. The Bertz CT molecular complexity index is 695. The fourth-order valence-corrected chi connectivity index (χ4v) is 2.44. The van der Waals surface area contributed by atoms with Crippen molar-refractivity contribution in [1.29, 1.82) is 0 Å². The molecule has 2 rings (SSSR count). The average Bonchev–Trinajstić information content (AvgIpc) is 2.99. The molecule has 2 aromatic rings. The van der Waals surface area contributed by atoms with Crippen LogP contribution in [0.15, 0.2) is 36.8 Å². The third kappa shape index (κ3) is 4.36. The van der Waals surface area contributed by atoms with Gasteiger partial charge in [0.1, 0.15) is 0 Å². The topological polar surface area (TPSA) is 103 Å². The first-order valence-electron chi connectivity index (χ1n) is 5.99. The normalized spacial score (nSPS) is 11.3. The quantitative estimate of drug-likeness (QED) is 0.745. The molecule has 0 radical (unpaired) electrons. The largest absolute Gasteiger partial charge is 0.468 e. The van der Waals surface area contributed by atoms with Gasteiger partial charge in [0.05, 0.1) is 7.11 Å². The van der Waals surface area contributed by atoms with Crippen molar-refractivity contribution in [2.45, 2.75) is 6.54 Å². The van der Waals surface area contributed by atoms with Gasteiger partial charge in [0.15, 0.2) is 11.6 Å². The Morgan fingerprint density at radius 3 is 2.81 bits per heavy atom. The average molecular weight is 310 g/mol. The van der Waals surface area contributed by atoms with Crippen LogP contribution < -0.4 is 4.72 Å². The van der Waals surface area contributed by atoms with Gasteiger partial charge in [-0.25, -0.2) is 22.8 Å². The molecule has 0 saturated carbocycles. The number of nitrogens with one attached hydrogen (secondary N) is 1. The molecule has 0 aliphatic heterocycles. The molecule has 0 atom stereocenters. The first-order chi connectivity index (χ1) is 10.00. The van der Waals surface area contributed by atoms with E-state index in [1.54, 1.807) is 35.3 Å². The van der Waals surface area contributed by atoms with Crippen LogP contribution in [0.4, 0.5) is 0 Å². The van der Waals surface area contributed by atoms with E-state index in [0.29, 0.717) is 11.4 Å². The molecule has 0 saturated heterocycles. The molecule has 0 spiro atoms. The summed E-state index contributed by atoms with van der Waals surface area (Å²) in [6, 6.07) is 5.22. The summed E-state index contributed by atoms with van der Waals surface area (Å²) in [5.74, 6) is -0.890. The van der Waals surface area contributed by atoms with Crippen LogP contribution in [0.25, 0.3) is 5.82 Å². The third-order valence-corrected chi connectivity index (χ3v) is 3.78. The van der Waals surface area contributed by atoms with E-state index in [1.165, 1.54) is 6.20 Å². The summed E-state index contributed by atoms with van der Waals surface area (Å²) in [5.41, 5.74) is 0.666. The summed E-state index contributed by atoms with van der Waals surface area (Å²) in [7, 11) is -2.58. The van der Waals surface area contributed by atoms with E-state index < -0.39 is 21.7 Å². The summed E-state index contributed by atoms with van der Waals surface area (Å²) < 4.78 is 31.4. The highest BCUT2D eigenvalue weighted by Gasteiger charge is 2.16. The minimum Gasteiger partial charge on any atom is -0.468 e. The highest BCUT2D eigenvalue weighted by molar-refractivity contribution is 7.90. The van der Waals surface area contributed by atoms with E-state index in [9.17, 15) is 13.2 Å². The van der Waals surface area contributed by atoms with Crippen LogP contribution in [0.5, 0.6) is 0 Å². The maximum absolute atomic E-state index is 11.6. The third-order valence-electron chi connectivity index (χ3n) is 2.58. The molecule has 9 heteroatoms. The second-order valence-corrected chi connectivity index (χ2v) is 5.94. The zero-order chi connectivity index (χ0) is 15.3. The lowest BCUT2D eigenvalue weighted by atomic mass is 10.3. The molecule has 2 aromatic heterocycles. The fourth-order valence-electron chi connectivity index (χ4n) is 1.52. The minimum absolute atomic E-state index is 0.0473. The van der Waals surface area contributed by atoms with Gasteiger partial charge in [0.2, 0.25) is 10.0 Å². The Morgan fingerprint density at radius 2 is 2.24 bits per heavy atom. The van der Waals surface area contributed by atoms with Crippen molar-refractivity contribution in [3.63, 3.8) is 0 Å². The summed E-state index contributed by atoms with van der Waals surface area (Å²) in [6.45, 7) is 0.0473. The highest BCUT2D eigenvalue weighted by Crippen LogP contribution is 2.05. The van der Waals surface area contributed by atoms with Gasteiger partial charge in [-0.05, 0) is 17.7 Å². The number of esters is 1. The van der Waals surface area contributed by atoms with Gasteiger partial charge in [-0.1, -0.05) is 6.07 Å². The lowest BCUT2D eigenvalue weighted by molar-refractivity contribution is -0.137. The van der Waals surface area contributed by atoms with Crippen molar-refractivity contribution in [2.24, 2.45) is 0 Å². The predicted octanol–water partition coefficient (Wildman–Crippen LogP) is -0.140. The van der Waals surface area contributed by atoms with Gasteiger partial charge < -0.3 is 4.74 Å². The Balaban J connectivity index is 1.96. The van der Waals surface area contributed by atoms with Gasteiger partial charge in [-0.3, -0.25) is 4.79 Å². The summed E-state index contributed by atoms with van der Waals surface area (Å²) in [5, 5.41) is 4.03. The maximum Gasteiger partial charge on any atom is 0.322 e. The molecular formula is C12H14N4O4S. The molecule has 0 fully saturated rings. The Hall–Kier alpha value is -2.26. The van der Waals surface area contributed by atoms with Crippen molar-refractivity contribution < 1.29 is 17.9 Å². The zero-order valence-corrected chi connectivity index (χ0v) is 12.1. The molecule has 8 nitrogen and oxygen atoms in total. The van der Waals surface area contributed by atoms with Crippen molar-refractivity contribution in [1.82, 2.24) is 19.5 Å². The standard InChI is InChI=1S/C12H14N4O4S/c1-20-12(17)9-21(18,19)15-8-10-3-4-11(13-7-10)16-6-2-5-14-16/h2-7,15H,8-9H2,1H3. The molecule has 0 unspecified atom stereocenters. The maximum atomic E-state index is 11.6. The monoisotopic (exact) mass is 310 g/mol. The fraction of sp³-hybridized carbons (Fsp3) is 0.250. The van der Waals surface area contributed by atoms with Crippen LogP contribution in [-0.2, 0) is 26.1 Å². The smallest absolute Gasteiger partial charge is 0.322 e. The number of carbonyl (C=O) groups is 1. The number of carbonyl (C=O) groups excluding carboxylic acids is 1. The number of hydrogen-bond acceptors (Lipinski definition) is 6. The molecule has 0 aliphatic rings. The van der Waals surface area contributed by atoms with E-state index in [2.05, 4.69) is 19.5 Å². The van der Waals surface area contributed by atoms with Gasteiger partial charge in [-0.15, -0.1) is 0 Å². The second-order valence-electron chi connectivity index (χ2n) is 4.13. The van der Waals surface area contributed by atoms with Gasteiger partial charge in [0, 0.05) is 25.1 Å². The summed E-state index contributed by atoms with van der Waals surface area (Å²) in [6.07, 6.45) is 4.93. The van der Waals surface area contributed by atoms with Crippen molar-refractivity contribution >= 4 is 16.0 Å². The minimum atomic E-state index is -3.71. The van der Waals surface area contributed by atoms with Gasteiger partial charge >= 0.3 is 5.97 Å². The highest BCUT2D eigenvalue weighted by atomic mass is 32.2. The van der Waals surface area contributed by atoms with E-state index in [4.69, 9.17) is 0 Å². The number of methoxy groups -OCH3 is 1. The van der Waals surface area contributed by atoms with Crippen LogP contribution in [0.1, 0.15) is 5.56 Å². The van der Waals surface area contributed by atoms with Crippen LogP contribution in [0.3, 0.4) is 0 Å². The van der Waals surface area contributed by atoms with Crippen LogP contribution in [0, 0.1) is 0 Å². The molecule has 112 valence electrons. The molecule has 0 bridgehead atoms.